The van der Waals surface area contributed by atoms with E-state index < -0.39 is 0 Å². The summed E-state index contributed by atoms with van der Waals surface area (Å²) in [5.41, 5.74) is 7.49. The van der Waals surface area contributed by atoms with Crippen LogP contribution in [0.2, 0.25) is 5.02 Å². The topological polar surface area (TPSA) is 0 Å². The number of halogens is 1. The quantitative estimate of drug-likeness (QED) is 0.398. The minimum absolute atomic E-state index is 0.773. The first kappa shape index (κ1) is 14.0. The van der Waals surface area contributed by atoms with Gasteiger partial charge in [-0.3, -0.25) is 0 Å². The Bertz CT molecular complexity index is 884. The van der Waals surface area contributed by atoms with Crippen molar-refractivity contribution in [3.05, 3.63) is 107 Å². The molecule has 0 amide bonds. The van der Waals surface area contributed by atoms with Crippen LogP contribution in [0.5, 0.6) is 0 Å². The molecule has 0 nitrogen and oxygen atoms in total. The highest BCUT2D eigenvalue weighted by Gasteiger charge is 2.21. The van der Waals surface area contributed by atoms with Crippen molar-refractivity contribution in [2.24, 2.45) is 0 Å². The molecule has 0 radical (unpaired) electrons. The van der Waals surface area contributed by atoms with E-state index in [0.29, 0.717) is 0 Å². The molecule has 1 aliphatic rings. The maximum Gasteiger partial charge on any atom is 0.0478 e. The lowest BCUT2D eigenvalue weighted by atomic mass is 10.0. The summed E-state index contributed by atoms with van der Waals surface area (Å²) >= 11 is 6.21. The van der Waals surface area contributed by atoms with Gasteiger partial charge in [0.2, 0.25) is 0 Å². The van der Waals surface area contributed by atoms with Crippen molar-refractivity contribution in [3.8, 4) is 11.1 Å². The molecule has 1 heteroatoms. The predicted octanol–water partition coefficient (Wildman–Crippen LogP) is 6.47. The predicted molar refractivity (Wildman–Crippen MR) is 99.4 cm³/mol. The summed E-state index contributed by atoms with van der Waals surface area (Å²) in [5.74, 6) is 0. The third kappa shape index (κ3) is 2.52. The SMILES string of the molecule is Clc1ccccc1/C=C\C=C1c2ccccc2-c2ccccc21. The first-order valence-electron chi connectivity index (χ1n) is 7.67. The molecule has 0 aliphatic heterocycles. The number of benzene rings is 3. The number of rotatable bonds is 2. The molecule has 0 bridgehead atoms. The molecule has 4 rings (SSSR count). The molecule has 23 heavy (non-hydrogen) atoms. The van der Waals surface area contributed by atoms with Crippen LogP contribution in [0.3, 0.4) is 0 Å². The molecular formula is C22H15Cl. The van der Waals surface area contributed by atoms with Crippen LogP contribution in [0.1, 0.15) is 16.7 Å². The van der Waals surface area contributed by atoms with E-state index in [2.05, 4.69) is 66.8 Å². The van der Waals surface area contributed by atoms with Crippen LogP contribution in [-0.4, -0.2) is 0 Å². The zero-order valence-corrected chi connectivity index (χ0v) is 13.3. The van der Waals surface area contributed by atoms with Crippen LogP contribution in [-0.2, 0) is 0 Å². The van der Waals surface area contributed by atoms with Gasteiger partial charge in [0.15, 0.2) is 0 Å². The van der Waals surface area contributed by atoms with Crippen molar-refractivity contribution in [1.29, 1.82) is 0 Å². The number of hydrogen-bond donors (Lipinski definition) is 0. The van der Waals surface area contributed by atoms with Crippen molar-refractivity contribution in [2.45, 2.75) is 0 Å². The third-order valence-corrected chi connectivity index (χ3v) is 4.51. The van der Waals surface area contributed by atoms with E-state index in [4.69, 9.17) is 11.6 Å². The summed E-state index contributed by atoms with van der Waals surface area (Å²) in [6.07, 6.45) is 6.31. The second-order valence-corrected chi connectivity index (χ2v) is 5.96. The molecule has 1 aliphatic carbocycles. The van der Waals surface area contributed by atoms with Gasteiger partial charge in [0.25, 0.3) is 0 Å². The van der Waals surface area contributed by atoms with Gasteiger partial charge in [0, 0.05) is 5.02 Å². The van der Waals surface area contributed by atoms with Crippen LogP contribution in [0, 0.1) is 0 Å². The van der Waals surface area contributed by atoms with Gasteiger partial charge >= 0.3 is 0 Å². The number of fused-ring (bicyclic) bond motifs is 3. The molecule has 3 aromatic rings. The van der Waals surface area contributed by atoms with Crippen molar-refractivity contribution < 1.29 is 0 Å². The van der Waals surface area contributed by atoms with E-state index in [1.54, 1.807) is 0 Å². The third-order valence-electron chi connectivity index (χ3n) is 4.17. The fraction of sp³-hybridized carbons (Fsp3) is 0. The Morgan fingerprint density at radius 2 is 1.13 bits per heavy atom. The maximum atomic E-state index is 6.21. The van der Waals surface area contributed by atoms with Crippen LogP contribution in [0.15, 0.2) is 84.9 Å². The fourth-order valence-corrected chi connectivity index (χ4v) is 3.29. The lowest BCUT2D eigenvalue weighted by molar-refractivity contribution is 1.65. The molecule has 0 saturated carbocycles. The maximum absolute atomic E-state index is 6.21. The average molecular weight is 315 g/mol. The van der Waals surface area contributed by atoms with E-state index in [0.717, 1.165) is 10.6 Å². The van der Waals surface area contributed by atoms with E-state index in [-0.39, 0.29) is 0 Å². The molecule has 0 spiro atoms. The first-order chi connectivity index (χ1) is 11.3. The van der Waals surface area contributed by atoms with Gasteiger partial charge in [-0.2, -0.15) is 0 Å². The van der Waals surface area contributed by atoms with E-state index >= 15 is 0 Å². The zero-order chi connectivity index (χ0) is 15.6. The van der Waals surface area contributed by atoms with Crippen molar-refractivity contribution in [3.63, 3.8) is 0 Å². The van der Waals surface area contributed by atoms with Gasteiger partial charge < -0.3 is 0 Å². The standard InChI is InChI=1S/C22H15Cl/c23-22-15-6-1-8-16(22)9-7-14-21-19-12-4-2-10-17(19)18-11-3-5-13-20(18)21/h1-15H/b9-7-. The highest BCUT2D eigenvalue weighted by molar-refractivity contribution is 6.32. The lowest BCUT2D eigenvalue weighted by Gasteiger charge is -2.01. The van der Waals surface area contributed by atoms with Gasteiger partial charge in [-0.15, -0.1) is 0 Å². The highest BCUT2D eigenvalue weighted by atomic mass is 35.5. The number of hydrogen-bond acceptors (Lipinski definition) is 0. The number of allylic oxidation sites excluding steroid dienone is 2. The average Bonchev–Trinajstić information content (AvgIpc) is 2.91. The molecule has 0 fully saturated rings. The summed E-state index contributed by atoms with van der Waals surface area (Å²) in [7, 11) is 0. The Morgan fingerprint density at radius 1 is 0.609 bits per heavy atom. The Kier molecular flexibility index (Phi) is 3.61. The molecule has 0 aromatic heterocycles. The van der Waals surface area contributed by atoms with E-state index in [9.17, 15) is 0 Å². The molecule has 0 atom stereocenters. The molecule has 110 valence electrons. The fourth-order valence-electron chi connectivity index (χ4n) is 3.09. The van der Waals surface area contributed by atoms with Gasteiger partial charge in [-0.05, 0) is 39.5 Å². The summed E-state index contributed by atoms with van der Waals surface area (Å²) in [4.78, 5) is 0. The summed E-state index contributed by atoms with van der Waals surface area (Å²) in [6, 6.07) is 25.0. The molecule has 3 aromatic carbocycles. The smallest absolute Gasteiger partial charge is 0.0478 e. The normalized spacial score (nSPS) is 12.3. The van der Waals surface area contributed by atoms with Crippen LogP contribution >= 0.6 is 11.6 Å². The first-order valence-corrected chi connectivity index (χ1v) is 8.04. The molecule has 0 N–H and O–H groups in total. The van der Waals surface area contributed by atoms with E-state index in [1.807, 2.05) is 24.3 Å². The molecule has 0 heterocycles. The molecular weight excluding hydrogens is 300 g/mol. The van der Waals surface area contributed by atoms with Gasteiger partial charge in [-0.1, -0.05) is 96.6 Å². The van der Waals surface area contributed by atoms with Gasteiger partial charge in [-0.25, -0.2) is 0 Å². The molecule has 0 saturated heterocycles. The summed E-state index contributed by atoms with van der Waals surface area (Å²) in [6.45, 7) is 0. The van der Waals surface area contributed by atoms with Crippen LogP contribution in [0.25, 0.3) is 22.8 Å². The van der Waals surface area contributed by atoms with Gasteiger partial charge in [0.05, 0.1) is 0 Å². The van der Waals surface area contributed by atoms with Gasteiger partial charge in [0.1, 0.15) is 0 Å². The highest BCUT2D eigenvalue weighted by Crippen LogP contribution is 2.43. The van der Waals surface area contributed by atoms with E-state index in [1.165, 1.54) is 27.8 Å². The van der Waals surface area contributed by atoms with Crippen LogP contribution < -0.4 is 0 Å². The summed E-state index contributed by atoms with van der Waals surface area (Å²) < 4.78 is 0. The minimum Gasteiger partial charge on any atom is -0.0837 e. The largest absolute Gasteiger partial charge is 0.0837 e. The van der Waals surface area contributed by atoms with Crippen LogP contribution in [0.4, 0.5) is 0 Å². The Balaban J connectivity index is 1.78. The molecule has 0 unspecified atom stereocenters. The van der Waals surface area contributed by atoms with Crippen molar-refractivity contribution in [2.75, 3.05) is 0 Å². The summed E-state index contributed by atoms with van der Waals surface area (Å²) in [5, 5.41) is 0.773. The Hall–Kier alpha value is -2.57. The second kappa shape index (κ2) is 5.91. The monoisotopic (exact) mass is 314 g/mol. The Labute approximate surface area is 141 Å². The van der Waals surface area contributed by atoms with Crippen molar-refractivity contribution in [1.82, 2.24) is 0 Å². The second-order valence-electron chi connectivity index (χ2n) is 5.55. The van der Waals surface area contributed by atoms with Crippen molar-refractivity contribution >= 4 is 23.3 Å². The Morgan fingerprint density at radius 3 is 1.74 bits per heavy atom. The minimum atomic E-state index is 0.773. The lowest BCUT2D eigenvalue weighted by Crippen LogP contribution is -1.79. The zero-order valence-electron chi connectivity index (χ0n) is 12.5.